The van der Waals surface area contributed by atoms with E-state index in [1.54, 1.807) is 42.5 Å². The Bertz CT molecular complexity index is 1490. The average Bonchev–Trinajstić information content (AvgIpc) is 3.53. The Kier molecular flexibility index (Phi) is 8.79. The van der Waals surface area contributed by atoms with Crippen molar-refractivity contribution in [3.05, 3.63) is 54.5 Å². The van der Waals surface area contributed by atoms with Crippen LogP contribution in [0.5, 0.6) is 5.75 Å². The topological polar surface area (TPSA) is 206 Å². The minimum absolute atomic E-state index is 0.0268. The molecule has 0 bridgehead atoms. The van der Waals surface area contributed by atoms with Gasteiger partial charge in [0.1, 0.15) is 48.6 Å². The number of hydrogen-bond donors (Lipinski definition) is 5. The highest BCUT2D eigenvalue weighted by molar-refractivity contribution is 7.52. The molecule has 1 amide bonds. The molecular formula is C27H34N7O7P. The summed E-state index contributed by atoms with van der Waals surface area (Å²) in [5.74, 6) is -0.0146. The molecule has 14 nitrogen and oxygen atoms in total. The predicted molar refractivity (Wildman–Crippen MR) is 150 cm³/mol. The third-order valence-electron chi connectivity index (χ3n) is 7.55. The minimum Gasteiger partial charge on any atom is -0.413 e. The van der Waals surface area contributed by atoms with Crippen molar-refractivity contribution in [3.8, 4) is 11.8 Å². The van der Waals surface area contributed by atoms with Crippen molar-refractivity contribution in [2.45, 2.75) is 75.0 Å². The molecular weight excluding hydrogens is 565 g/mol. The fourth-order valence-corrected chi connectivity index (χ4v) is 6.77. The van der Waals surface area contributed by atoms with Gasteiger partial charge in [-0.15, -0.1) is 0 Å². The number of ether oxygens (including phenoxy) is 1. The lowest BCUT2D eigenvalue weighted by Crippen LogP contribution is -2.48. The van der Waals surface area contributed by atoms with Crippen LogP contribution in [0.1, 0.15) is 50.8 Å². The van der Waals surface area contributed by atoms with Gasteiger partial charge in [0.05, 0.1) is 11.7 Å². The van der Waals surface area contributed by atoms with Crippen LogP contribution in [0, 0.1) is 11.3 Å². The zero-order valence-electron chi connectivity index (χ0n) is 23.0. The lowest BCUT2D eigenvalue weighted by atomic mass is 9.95. The molecule has 2 fully saturated rings. The molecule has 3 aromatic rings. The molecule has 42 heavy (non-hydrogen) atoms. The first-order chi connectivity index (χ1) is 20.1. The predicted octanol–water partition coefficient (Wildman–Crippen LogP) is 2.00. The van der Waals surface area contributed by atoms with E-state index >= 15 is 0 Å². The van der Waals surface area contributed by atoms with Crippen LogP contribution in [0.15, 0.2) is 48.8 Å². The van der Waals surface area contributed by atoms with Crippen LogP contribution < -0.4 is 20.7 Å². The Labute approximate surface area is 242 Å². The lowest BCUT2D eigenvalue weighted by molar-refractivity contribution is -0.123. The normalized spacial score (nSPS) is 26.8. The Morgan fingerprint density at radius 2 is 2.00 bits per heavy atom. The van der Waals surface area contributed by atoms with Crippen molar-refractivity contribution >= 4 is 25.0 Å². The van der Waals surface area contributed by atoms with Gasteiger partial charge >= 0.3 is 7.75 Å². The van der Waals surface area contributed by atoms with Crippen LogP contribution in [0.3, 0.4) is 0 Å². The number of nitrogens with one attached hydrogen (secondary N) is 2. The Balaban J connectivity index is 1.35. The van der Waals surface area contributed by atoms with Gasteiger partial charge in [-0.1, -0.05) is 37.5 Å². The van der Waals surface area contributed by atoms with E-state index in [0.29, 0.717) is 11.2 Å². The number of anilines is 1. The summed E-state index contributed by atoms with van der Waals surface area (Å²) in [6.45, 7) is 0.751. The lowest BCUT2D eigenvalue weighted by Gasteiger charge is -2.29. The number of aliphatic hydroxyl groups excluding tert-OH is 2. The number of para-hydroxylation sites is 1. The van der Waals surface area contributed by atoms with Crippen molar-refractivity contribution < 1.29 is 33.4 Å². The number of rotatable bonds is 10. The molecule has 0 radical (unpaired) electrons. The number of hydrogen-bond acceptors (Lipinski definition) is 11. The van der Waals surface area contributed by atoms with Gasteiger partial charge in [-0.25, -0.2) is 14.1 Å². The van der Waals surface area contributed by atoms with Crippen molar-refractivity contribution in [2.75, 3.05) is 12.3 Å². The van der Waals surface area contributed by atoms with Gasteiger partial charge in [-0.2, -0.15) is 15.4 Å². The smallest absolute Gasteiger partial charge is 0.413 e. The minimum atomic E-state index is -4.36. The van der Waals surface area contributed by atoms with Crippen LogP contribution in [0.25, 0.3) is 5.52 Å². The summed E-state index contributed by atoms with van der Waals surface area (Å²) in [4.78, 5) is 16.9. The average molecular weight is 600 g/mol. The maximum Gasteiger partial charge on any atom is 0.459 e. The van der Waals surface area contributed by atoms with Crippen molar-refractivity contribution in [2.24, 2.45) is 0 Å². The van der Waals surface area contributed by atoms with Crippen LogP contribution in [0.2, 0.25) is 0 Å². The van der Waals surface area contributed by atoms with E-state index in [9.17, 15) is 24.8 Å². The van der Waals surface area contributed by atoms with Crippen LogP contribution in [-0.2, 0) is 18.6 Å². The molecule has 2 aromatic heterocycles. The standard InChI is InChI=1S/C27H34N7O7P/c1-17(26(37)32-18-8-4-2-5-9-18)33-42(38,41-19-10-6-3-7-11-19)39-15-27(14-28)24(36)22(35)23(40-27)20-12-13-21-25(29)30-16-31-34(20)21/h3,6-7,10-13,16-18,22-24,35-36H,2,4-5,8-9,15H2,1H3,(H,32,37)(H,33,38)(H2,29,30,31)/t17-,22-,23-,24-,27+,42?/m0/s1. The SMILES string of the molecule is C[C@H](NP(=O)(OC[C@@]1(C#N)O[C@@H](c2ccc3c(N)ncnn23)[C@H](O)[C@@H]1O)Oc1ccccc1)C(=O)NC1CCCCC1. The zero-order chi connectivity index (χ0) is 29.9. The van der Waals surface area contributed by atoms with E-state index in [-0.39, 0.29) is 23.5 Å². The van der Waals surface area contributed by atoms with Gasteiger partial charge in [0.15, 0.2) is 5.82 Å². The second-order valence-electron chi connectivity index (χ2n) is 10.5. The van der Waals surface area contributed by atoms with Crippen LogP contribution >= 0.6 is 7.75 Å². The number of nitrogens with zero attached hydrogens (tertiary/aromatic N) is 4. The summed E-state index contributed by atoms with van der Waals surface area (Å²) in [7, 11) is -4.36. The first-order valence-corrected chi connectivity index (χ1v) is 15.3. The largest absolute Gasteiger partial charge is 0.459 e. The summed E-state index contributed by atoms with van der Waals surface area (Å²) in [5, 5.41) is 41.8. The molecule has 2 aliphatic rings. The van der Waals surface area contributed by atoms with E-state index < -0.39 is 44.3 Å². The summed E-state index contributed by atoms with van der Waals surface area (Å²) in [6, 6.07) is 12.3. The molecule has 1 unspecified atom stereocenters. The van der Waals surface area contributed by atoms with E-state index in [1.165, 1.54) is 17.8 Å². The molecule has 0 spiro atoms. The van der Waals surface area contributed by atoms with Crippen LogP contribution in [-0.4, -0.2) is 67.2 Å². The van der Waals surface area contributed by atoms with Gasteiger partial charge < -0.3 is 30.5 Å². The molecule has 5 rings (SSSR count). The molecule has 3 heterocycles. The number of benzene rings is 1. The van der Waals surface area contributed by atoms with Gasteiger partial charge in [-0.05, 0) is 44.0 Å². The fraction of sp³-hybridized carbons (Fsp3) is 0.481. The van der Waals surface area contributed by atoms with Gasteiger partial charge in [0.25, 0.3) is 0 Å². The highest BCUT2D eigenvalue weighted by Gasteiger charge is 2.57. The highest BCUT2D eigenvalue weighted by atomic mass is 31.2. The second kappa shape index (κ2) is 12.3. The number of carbonyl (C=O) groups excluding carboxylic acids is 1. The first-order valence-electron chi connectivity index (χ1n) is 13.8. The number of aliphatic hydroxyl groups is 2. The van der Waals surface area contributed by atoms with E-state index in [4.69, 9.17) is 19.5 Å². The molecule has 6 atom stereocenters. The molecule has 15 heteroatoms. The quantitative estimate of drug-likeness (QED) is 0.212. The maximum absolute atomic E-state index is 14.0. The third-order valence-corrected chi connectivity index (χ3v) is 9.18. The number of fused-ring (bicyclic) bond motifs is 1. The fourth-order valence-electron chi connectivity index (χ4n) is 5.24. The maximum atomic E-state index is 14.0. The Hall–Kier alpha value is -3.57. The van der Waals surface area contributed by atoms with Crippen molar-refractivity contribution in [1.29, 1.82) is 5.26 Å². The molecule has 1 aliphatic carbocycles. The third kappa shape index (κ3) is 6.12. The number of amides is 1. The number of carbonyl (C=O) groups is 1. The van der Waals surface area contributed by atoms with E-state index in [0.717, 1.165) is 32.1 Å². The number of aromatic nitrogens is 3. The van der Waals surface area contributed by atoms with Crippen molar-refractivity contribution in [1.82, 2.24) is 25.0 Å². The number of nitrogen functional groups attached to an aromatic ring is 1. The second-order valence-corrected chi connectivity index (χ2v) is 12.2. The number of nitriles is 1. The summed E-state index contributed by atoms with van der Waals surface area (Å²) in [5.41, 5.74) is 4.49. The van der Waals surface area contributed by atoms with Gasteiger partial charge in [0, 0.05) is 6.04 Å². The summed E-state index contributed by atoms with van der Waals surface area (Å²) in [6.07, 6.45) is 1.56. The van der Waals surface area contributed by atoms with E-state index in [1.807, 2.05) is 6.07 Å². The summed E-state index contributed by atoms with van der Waals surface area (Å²) < 4.78 is 32.7. The molecule has 1 aliphatic heterocycles. The van der Waals surface area contributed by atoms with Crippen molar-refractivity contribution in [3.63, 3.8) is 0 Å². The molecule has 1 aromatic carbocycles. The van der Waals surface area contributed by atoms with Gasteiger partial charge in [0.2, 0.25) is 11.5 Å². The van der Waals surface area contributed by atoms with E-state index in [2.05, 4.69) is 20.5 Å². The highest BCUT2D eigenvalue weighted by Crippen LogP contribution is 2.48. The Morgan fingerprint density at radius 1 is 1.26 bits per heavy atom. The molecule has 6 N–H and O–H groups in total. The molecule has 224 valence electrons. The number of nitrogens with two attached hydrogens (primary N) is 1. The Morgan fingerprint density at radius 3 is 2.71 bits per heavy atom. The summed E-state index contributed by atoms with van der Waals surface area (Å²) >= 11 is 0. The first kappa shape index (κ1) is 29.9. The van der Waals surface area contributed by atoms with Gasteiger partial charge in [-0.3, -0.25) is 9.32 Å². The van der Waals surface area contributed by atoms with Crippen LogP contribution in [0.4, 0.5) is 5.82 Å². The molecule has 1 saturated heterocycles. The molecule has 1 saturated carbocycles. The zero-order valence-corrected chi connectivity index (χ0v) is 23.9. The monoisotopic (exact) mass is 599 g/mol.